The van der Waals surface area contributed by atoms with Crippen molar-refractivity contribution >= 4 is 0 Å². The van der Waals surface area contributed by atoms with E-state index >= 15 is 0 Å². The Morgan fingerprint density at radius 2 is 1.89 bits per heavy atom. The van der Waals surface area contributed by atoms with Gasteiger partial charge >= 0.3 is 0 Å². The summed E-state index contributed by atoms with van der Waals surface area (Å²) in [7, 11) is 0. The molecule has 0 N–H and O–H groups in total. The molecule has 18 heavy (non-hydrogen) atoms. The summed E-state index contributed by atoms with van der Waals surface area (Å²) in [5.41, 5.74) is 1.37. The van der Waals surface area contributed by atoms with Crippen molar-refractivity contribution in [2.45, 2.75) is 13.5 Å². The second-order valence-corrected chi connectivity index (χ2v) is 4.62. The Bertz CT molecular complexity index is 445. The summed E-state index contributed by atoms with van der Waals surface area (Å²) in [6, 6.07) is 6.51. The Morgan fingerprint density at radius 1 is 1.22 bits per heavy atom. The molecule has 1 fully saturated rings. The molecular formula is C14H18FN3. The van der Waals surface area contributed by atoms with E-state index in [4.69, 9.17) is 5.26 Å². The number of likely N-dealkylation sites (N-methyl/N-ethyl adjacent to an activating group) is 1. The molecule has 0 bridgehead atoms. The van der Waals surface area contributed by atoms with Gasteiger partial charge in [0.2, 0.25) is 0 Å². The fourth-order valence-electron chi connectivity index (χ4n) is 2.31. The van der Waals surface area contributed by atoms with E-state index in [9.17, 15) is 4.39 Å². The van der Waals surface area contributed by atoms with E-state index < -0.39 is 0 Å². The van der Waals surface area contributed by atoms with Gasteiger partial charge in [-0.3, -0.25) is 4.90 Å². The Hall–Kier alpha value is -1.44. The highest BCUT2D eigenvalue weighted by atomic mass is 19.1. The van der Waals surface area contributed by atoms with Gasteiger partial charge in [0.15, 0.2) is 0 Å². The number of halogens is 1. The van der Waals surface area contributed by atoms with E-state index in [-0.39, 0.29) is 5.82 Å². The molecule has 2 rings (SSSR count). The lowest BCUT2D eigenvalue weighted by Crippen LogP contribution is -2.45. The largest absolute Gasteiger partial charge is 0.301 e. The zero-order valence-electron chi connectivity index (χ0n) is 10.7. The lowest BCUT2D eigenvalue weighted by molar-refractivity contribution is 0.132. The fraction of sp³-hybridized carbons (Fsp3) is 0.500. The lowest BCUT2D eigenvalue weighted by atomic mass is 10.1. The van der Waals surface area contributed by atoms with Crippen LogP contribution in [0.1, 0.15) is 18.1 Å². The topological polar surface area (TPSA) is 30.3 Å². The van der Waals surface area contributed by atoms with Gasteiger partial charge in [-0.15, -0.1) is 0 Å². The summed E-state index contributed by atoms with van der Waals surface area (Å²) in [6.45, 7) is 7.97. The number of nitrogens with zero attached hydrogens (tertiary/aromatic N) is 3. The minimum Gasteiger partial charge on any atom is -0.301 e. The minimum absolute atomic E-state index is 0.267. The second-order valence-electron chi connectivity index (χ2n) is 4.62. The maximum Gasteiger partial charge on any atom is 0.123 e. The van der Waals surface area contributed by atoms with Crippen LogP contribution < -0.4 is 0 Å². The number of rotatable bonds is 3. The summed E-state index contributed by atoms with van der Waals surface area (Å²) >= 11 is 0. The third kappa shape index (κ3) is 3.06. The molecule has 1 aromatic carbocycles. The van der Waals surface area contributed by atoms with Gasteiger partial charge in [0, 0.05) is 32.7 Å². The van der Waals surface area contributed by atoms with Crippen LogP contribution in [0.4, 0.5) is 4.39 Å². The third-order valence-corrected chi connectivity index (χ3v) is 3.49. The predicted octanol–water partition coefficient (Wildman–Crippen LogP) is 1.83. The Labute approximate surface area is 107 Å². The fourth-order valence-corrected chi connectivity index (χ4v) is 2.31. The van der Waals surface area contributed by atoms with E-state index in [2.05, 4.69) is 22.8 Å². The molecule has 0 spiro atoms. The number of hydrogen-bond donors (Lipinski definition) is 0. The normalized spacial score (nSPS) is 17.6. The molecule has 0 unspecified atom stereocenters. The van der Waals surface area contributed by atoms with Crippen LogP contribution in [0.3, 0.4) is 0 Å². The lowest BCUT2D eigenvalue weighted by Gasteiger charge is -2.34. The van der Waals surface area contributed by atoms with E-state index in [0.29, 0.717) is 12.1 Å². The van der Waals surface area contributed by atoms with Crippen LogP contribution in [0.25, 0.3) is 0 Å². The molecule has 0 saturated carbocycles. The van der Waals surface area contributed by atoms with Crippen molar-refractivity contribution in [3.63, 3.8) is 0 Å². The van der Waals surface area contributed by atoms with Crippen molar-refractivity contribution in [2.75, 3.05) is 32.7 Å². The molecule has 1 aromatic rings. The van der Waals surface area contributed by atoms with Crippen molar-refractivity contribution in [3.8, 4) is 6.07 Å². The van der Waals surface area contributed by atoms with Crippen molar-refractivity contribution < 1.29 is 4.39 Å². The maximum absolute atomic E-state index is 13.2. The van der Waals surface area contributed by atoms with Gasteiger partial charge in [-0.25, -0.2) is 4.39 Å². The van der Waals surface area contributed by atoms with Crippen LogP contribution in [0.15, 0.2) is 18.2 Å². The van der Waals surface area contributed by atoms with E-state index in [0.717, 1.165) is 38.3 Å². The summed E-state index contributed by atoms with van der Waals surface area (Å²) in [6.07, 6.45) is 0. The van der Waals surface area contributed by atoms with E-state index in [1.165, 1.54) is 12.1 Å². The Morgan fingerprint density at radius 3 is 2.50 bits per heavy atom. The standard InChI is InChI=1S/C14H18FN3/c1-2-17-5-7-18(8-6-17)11-13-9-14(15)4-3-12(13)10-16/h3-4,9H,2,5-8,11H2,1H3. The second kappa shape index (κ2) is 5.94. The molecule has 96 valence electrons. The van der Waals surface area contributed by atoms with Crippen LogP contribution >= 0.6 is 0 Å². The summed E-state index contributed by atoms with van der Waals surface area (Å²) in [5.74, 6) is -0.267. The maximum atomic E-state index is 13.2. The van der Waals surface area contributed by atoms with Gasteiger partial charge in [-0.2, -0.15) is 5.26 Å². The van der Waals surface area contributed by atoms with Crippen molar-refractivity contribution in [1.82, 2.24) is 9.80 Å². The molecule has 0 atom stereocenters. The van der Waals surface area contributed by atoms with Crippen molar-refractivity contribution in [1.29, 1.82) is 5.26 Å². The highest BCUT2D eigenvalue weighted by Crippen LogP contribution is 2.14. The summed E-state index contributed by atoms with van der Waals surface area (Å²) < 4.78 is 13.2. The molecule has 1 saturated heterocycles. The predicted molar refractivity (Wildman–Crippen MR) is 68.5 cm³/mol. The number of piperazine rings is 1. The molecule has 4 heteroatoms. The molecule has 0 aliphatic carbocycles. The molecule has 1 aliphatic heterocycles. The van der Waals surface area contributed by atoms with Crippen LogP contribution in [-0.4, -0.2) is 42.5 Å². The average Bonchev–Trinajstić information content (AvgIpc) is 2.40. The molecule has 1 heterocycles. The smallest absolute Gasteiger partial charge is 0.123 e. The molecule has 0 aromatic heterocycles. The van der Waals surface area contributed by atoms with E-state index in [1.54, 1.807) is 6.07 Å². The van der Waals surface area contributed by atoms with Gasteiger partial charge in [0.05, 0.1) is 11.6 Å². The zero-order chi connectivity index (χ0) is 13.0. The number of benzene rings is 1. The minimum atomic E-state index is -0.267. The van der Waals surface area contributed by atoms with Crippen LogP contribution in [0.2, 0.25) is 0 Å². The molecule has 1 aliphatic rings. The van der Waals surface area contributed by atoms with Gasteiger partial charge in [0.1, 0.15) is 5.82 Å². The van der Waals surface area contributed by atoms with Gasteiger partial charge in [-0.05, 0) is 30.3 Å². The SMILES string of the molecule is CCN1CCN(Cc2cc(F)ccc2C#N)CC1. The summed E-state index contributed by atoms with van der Waals surface area (Å²) in [5, 5.41) is 9.02. The van der Waals surface area contributed by atoms with E-state index in [1.807, 2.05) is 0 Å². The summed E-state index contributed by atoms with van der Waals surface area (Å²) in [4.78, 5) is 4.68. The Kier molecular flexibility index (Phi) is 4.29. The zero-order valence-corrected chi connectivity index (χ0v) is 10.7. The van der Waals surface area contributed by atoms with Crippen molar-refractivity contribution in [3.05, 3.63) is 35.1 Å². The quantitative estimate of drug-likeness (QED) is 0.816. The van der Waals surface area contributed by atoms with Gasteiger partial charge in [0.25, 0.3) is 0 Å². The van der Waals surface area contributed by atoms with Crippen LogP contribution in [0.5, 0.6) is 0 Å². The monoisotopic (exact) mass is 247 g/mol. The first-order chi connectivity index (χ1) is 8.72. The Balaban J connectivity index is 2.02. The third-order valence-electron chi connectivity index (χ3n) is 3.49. The molecule has 0 amide bonds. The number of nitriles is 1. The first kappa shape index (κ1) is 13.0. The van der Waals surface area contributed by atoms with Gasteiger partial charge < -0.3 is 4.90 Å². The van der Waals surface area contributed by atoms with Crippen molar-refractivity contribution in [2.24, 2.45) is 0 Å². The highest BCUT2D eigenvalue weighted by molar-refractivity contribution is 5.37. The van der Waals surface area contributed by atoms with Gasteiger partial charge in [-0.1, -0.05) is 6.92 Å². The first-order valence-corrected chi connectivity index (χ1v) is 6.36. The van der Waals surface area contributed by atoms with Crippen LogP contribution in [-0.2, 0) is 6.54 Å². The molecule has 0 radical (unpaired) electrons. The highest BCUT2D eigenvalue weighted by Gasteiger charge is 2.16. The van der Waals surface area contributed by atoms with Crippen LogP contribution in [0, 0.1) is 17.1 Å². The number of hydrogen-bond acceptors (Lipinski definition) is 3. The molecule has 3 nitrogen and oxygen atoms in total. The molecular weight excluding hydrogens is 229 g/mol. The first-order valence-electron chi connectivity index (χ1n) is 6.36. The average molecular weight is 247 g/mol.